The van der Waals surface area contributed by atoms with Crippen LogP contribution in [0.3, 0.4) is 0 Å². The summed E-state index contributed by atoms with van der Waals surface area (Å²) in [7, 11) is 0. The Morgan fingerprint density at radius 2 is 1.95 bits per heavy atom. The summed E-state index contributed by atoms with van der Waals surface area (Å²) >= 11 is 5.68. The first-order valence-electron chi connectivity index (χ1n) is 5.81. The van der Waals surface area contributed by atoms with Gasteiger partial charge in [0, 0.05) is 0 Å². The van der Waals surface area contributed by atoms with Crippen LogP contribution in [-0.2, 0) is 0 Å². The summed E-state index contributed by atoms with van der Waals surface area (Å²) in [6.45, 7) is 0. The number of nitrogens with zero attached hydrogens (tertiary/aromatic N) is 3. The number of ether oxygens (including phenoxy) is 1. The van der Waals surface area contributed by atoms with Crippen LogP contribution in [0.25, 0.3) is 5.69 Å². The Labute approximate surface area is 123 Å². The molecule has 0 saturated heterocycles. The SMILES string of the molecule is O=c1oc(Oc2ccc(O)cc2)nn1-c1ccc(Cl)nc1. The molecule has 0 fully saturated rings. The van der Waals surface area contributed by atoms with E-state index in [1.807, 2.05) is 0 Å². The third kappa shape index (κ3) is 2.87. The third-order valence-electron chi connectivity index (χ3n) is 2.53. The van der Waals surface area contributed by atoms with Crippen LogP contribution in [0.1, 0.15) is 0 Å². The molecule has 0 aliphatic heterocycles. The fourth-order valence-electron chi connectivity index (χ4n) is 1.57. The maximum atomic E-state index is 11.7. The Hall–Kier alpha value is -2.80. The fourth-order valence-corrected chi connectivity index (χ4v) is 1.69. The van der Waals surface area contributed by atoms with Gasteiger partial charge >= 0.3 is 11.8 Å². The van der Waals surface area contributed by atoms with Gasteiger partial charge in [-0.1, -0.05) is 16.7 Å². The second kappa shape index (κ2) is 5.29. The highest BCUT2D eigenvalue weighted by molar-refractivity contribution is 6.29. The van der Waals surface area contributed by atoms with Crippen molar-refractivity contribution in [2.75, 3.05) is 0 Å². The van der Waals surface area contributed by atoms with Crippen molar-refractivity contribution in [3.8, 4) is 23.3 Å². The molecule has 7 nitrogen and oxygen atoms in total. The lowest BCUT2D eigenvalue weighted by atomic mass is 10.3. The van der Waals surface area contributed by atoms with Gasteiger partial charge < -0.3 is 14.3 Å². The zero-order valence-corrected chi connectivity index (χ0v) is 11.2. The number of hydrogen-bond donors (Lipinski definition) is 1. The Bertz CT molecular complexity index is 809. The standard InChI is InChI=1S/C13H8ClN3O4/c14-11-6-1-8(7-15-11)17-13(19)21-12(16-17)20-10-4-2-9(18)3-5-10/h1-7,18H. The predicted octanol–water partition coefficient (Wildman–Crippen LogP) is 2.37. The number of benzene rings is 1. The van der Waals surface area contributed by atoms with Crippen molar-refractivity contribution < 1.29 is 14.3 Å². The van der Waals surface area contributed by atoms with E-state index in [0.717, 1.165) is 4.68 Å². The van der Waals surface area contributed by atoms with E-state index in [-0.39, 0.29) is 11.8 Å². The average Bonchev–Trinajstić information content (AvgIpc) is 2.83. The lowest BCUT2D eigenvalue weighted by Crippen LogP contribution is -2.13. The minimum absolute atomic E-state index is 0.0987. The van der Waals surface area contributed by atoms with Gasteiger partial charge in [0.25, 0.3) is 0 Å². The molecular weight excluding hydrogens is 298 g/mol. The van der Waals surface area contributed by atoms with Crippen LogP contribution in [-0.4, -0.2) is 19.9 Å². The van der Waals surface area contributed by atoms with Gasteiger partial charge in [0.05, 0.1) is 11.9 Å². The summed E-state index contributed by atoms with van der Waals surface area (Å²) in [5, 5.41) is 13.4. The molecule has 1 N–H and O–H groups in total. The number of halogens is 1. The number of phenolic OH excluding ortho intramolecular Hbond substituents is 1. The molecular formula is C13H8ClN3O4. The van der Waals surface area contributed by atoms with Crippen LogP contribution in [0.5, 0.6) is 17.6 Å². The number of aromatic hydroxyl groups is 1. The Kier molecular flexibility index (Phi) is 3.33. The molecule has 0 aliphatic carbocycles. The number of rotatable bonds is 3. The zero-order valence-electron chi connectivity index (χ0n) is 10.4. The van der Waals surface area contributed by atoms with E-state index in [9.17, 15) is 9.90 Å². The van der Waals surface area contributed by atoms with Crippen LogP contribution in [0.2, 0.25) is 5.15 Å². The van der Waals surface area contributed by atoms with Crippen molar-refractivity contribution in [3.63, 3.8) is 0 Å². The third-order valence-corrected chi connectivity index (χ3v) is 2.75. The van der Waals surface area contributed by atoms with Gasteiger partial charge in [0.1, 0.15) is 16.7 Å². The van der Waals surface area contributed by atoms with Gasteiger partial charge in [-0.15, -0.1) is 0 Å². The summed E-state index contributed by atoms with van der Waals surface area (Å²) in [4.78, 5) is 15.6. The van der Waals surface area contributed by atoms with Crippen LogP contribution >= 0.6 is 11.6 Å². The van der Waals surface area contributed by atoms with E-state index in [1.54, 1.807) is 6.07 Å². The fraction of sp³-hybridized carbons (Fsp3) is 0. The monoisotopic (exact) mass is 305 g/mol. The largest absolute Gasteiger partial charge is 0.508 e. The van der Waals surface area contributed by atoms with Crippen LogP contribution < -0.4 is 10.5 Å². The van der Waals surface area contributed by atoms with Crippen LogP contribution in [0.15, 0.2) is 51.8 Å². The lowest BCUT2D eigenvalue weighted by molar-refractivity contribution is 0.319. The highest BCUT2D eigenvalue weighted by Gasteiger charge is 2.12. The van der Waals surface area contributed by atoms with E-state index in [0.29, 0.717) is 16.6 Å². The summed E-state index contributed by atoms with van der Waals surface area (Å²) in [6, 6.07) is 9.00. The van der Waals surface area contributed by atoms with Crippen LogP contribution in [0.4, 0.5) is 0 Å². The van der Waals surface area contributed by atoms with E-state index in [4.69, 9.17) is 20.8 Å². The topological polar surface area (TPSA) is 90.4 Å². The van der Waals surface area contributed by atoms with E-state index < -0.39 is 5.76 Å². The molecule has 0 bridgehead atoms. The van der Waals surface area contributed by atoms with Gasteiger partial charge in [-0.3, -0.25) is 0 Å². The smallest absolute Gasteiger partial charge is 0.444 e. The maximum absolute atomic E-state index is 11.7. The van der Waals surface area contributed by atoms with E-state index >= 15 is 0 Å². The highest BCUT2D eigenvalue weighted by atomic mass is 35.5. The summed E-state index contributed by atoms with van der Waals surface area (Å²) in [6.07, 6.45) is 1.16. The van der Waals surface area contributed by atoms with Gasteiger partial charge in [-0.2, -0.15) is 4.68 Å². The first kappa shape index (κ1) is 13.2. The molecule has 0 spiro atoms. The number of aromatic nitrogens is 3. The average molecular weight is 306 g/mol. The van der Waals surface area contributed by atoms with Crippen LogP contribution in [0, 0.1) is 0 Å². The molecule has 2 heterocycles. The van der Waals surface area contributed by atoms with Crippen molar-refractivity contribution in [3.05, 3.63) is 58.3 Å². The molecule has 0 unspecified atom stereocenters. The minimum atomic E-state index is -0.715. The molecule has 2 aromatic heterocycles. The van der Waals surface area contributed by atoms with E-state index in [1.165, 1.54) is 36.5 Å². The van der Waals surface area contributed by atoms with Gasteiger partial charge in [-0.25, -0.2) is 9.78 Å². The maximum Gasteiger partial charge on any atom is 0.444 e. The Morgan fingerprint density at radius 3 is 2.62 bits per heavy atom. The van der Waals surface area contributed by atoms with Crippen molar-refractivity contribution in [1.82, 2.24) is 14.8 Å². The first-order chi connectivity index (χ1) is 10.1. The molecule has 21 heavy (non-hydrogen) atoms. The normalized spacial score (nSPS) is 10.5. The summed E-state index contributed by atoms with van der Waals surface area (Å²) in [5.74, 6) is -0.245. The lowest BCUT2D eigenvalue weighted by Gasteiger charge is -1.99. The number of hydrogen-bond acceptors (Lipinski definition) is 6. The molecule has 3 aromatic rings. The molecule has 3 rings (SSSR count). The second-order valence-electron chi connectivity index (χ2n) is 3.98. The first-order valence-corrected chi connectivity index (χ1v) is 6.18. The molecule has 1 aromatic carbocycles. The van der Waals surface area contributed by atoms with Gasteiger partial charge in [0.15, 0.2) is 0 Å². The van der Waals surface area contributed by atoms with Crippen molar-refractivity contribution >= 4 is 11.6 Å². The van der Waals surface area contributed by atoms with Gasteiger partial charge in [0.2, 0.25) is 0 Å². The number of phenols is 1. The summed E-state index contributed by atoms with van der Waals surface area (Å²) < 4.78 is 11.2. The van der Waals surface area contributed by atoms with Gasteiger partial charge in [-0.05, 0) is 36.4 Å². The minimum Gasteiger partial charge on any atom is -0.508 e. The summed E-state index contributed by atoms with van der Waals surface area (Å²) in [5.41, 5.74) is 0.397. The van der Waals surface area contributed by atoms with Crippen molar-refractivity contribution in [2.45, 2.75) is 0 Å². The Balaban J connectivity index is 1.89. The Morgan fingerprint density at radius 1 is 1.19 bits per heavy atom. The van der Waals surface area contributed by atoms with E-state index in [2.05, 4.69) is 10.1 Å². The predicted molar refractivity (Wildman–Crippen MR) is 73.1 cm³/mol. The van der Waals surface area contributed by atoms with Crippen molar-refractivity contribution in [2.24, 2.45) is 0 Å². The molecule has 8 heteroatoms. The quantitative estimate of drug-likeness (QED) is 0.747. The molecule has 0 saturated carbocycles. The molecule has 0 aliphatic rings. The number of pyridine rings is 1. The highest BCUT2D eigenvalue weighted by Crippen LogP contribution is 2.21. The molecule has 0 amide bonds. The second-order valence-corrected chi connectivity index (χ2v) is 4.37. The molecule has 0 atom stereocenters. The van der Waals surface area contributed by atoms with Crippen molar-refractivity contribution in [1.29, 1.82) is 0 Å². The molecule has 0 radical (unpaired) electrons. The zero-order chi connectivity index (χ0) is 14.8. The molecule has 106 valence electrons.